The van der Waals surface area contributed by atoms with Crippen molar-refractivity contribution >= 4 is 23.8 Å². The largest absolute Gasteiger partial charge is 0.494 e. The molecule has 0 fully saturated rings. The third-order valence-electron chi connectivity index (χ3n) is 5.31. The number of aromatic hydroxyl groups is 1. The van der Waals surface area contributed by atoms with Crippen LogP contribution in [0.25, 0.3) is 5.69 Å². The van der Waals surface area contributed by atoms with Gasteiger partial charge in [-0.05, 0) is 54.2 Å². The summed E-state index contributed by atoms with van der Waals surface area (Å²) in [4.78, 5) is 15.6. The van der Waals surface area contributed by atoms with Crippen LogP contribution in [0.1, 0.15) is 22.7 Å². The molecule has 3 aromatic rings. The van der Waals surface area contributed by atoms with Crippen LogP contribution in [0.2, 0.25) is 5.02 Å². The number of hydrogen-bond acceptors (Lipinski definition) is 5. The zero-order chi connectivity index (χ0) is 21.4. The minimum atomic E-state index is -0.425. The predicted octanol–water partition coefficient (Wildman–Crippen LogP) is 2.48. The Hall–Kier alpha value is -2.81. The Morgan fingerprint density at radius 2 is 1.87 bits per heavy atom. The first-order valence-corrected chi connectivity index (χ1v) is 10.2. The number of hydrogen-bond donors (Lipinski definition) is 3. The summed E-state index contributed by atoms with van der Waals surface area (Å²) in [6, 6.07) is 10.2. The van der Waals surface area contributed by atoms with Gasteiger partial charge in [-0.3, -0.25) is 14.3 Å². The zero-order valence-corrected chi connectivity index (χ0v) is 18.0. The van der Waals surface area contributed by atoms with E-state index in [-0.39, 0.29) is 16.2 Å². The van der Waals surface area contributed by atoms with Crippen LogP contribution in [0.15, 0.2) is 41.2 Å². The number of benzene rings is 2. The molecule has 4 rings (SSSR count). The number of aromatic nitrogens is 2. The Morgan fingerprint density at radius 3 is 2.53 bits per heavy atom. The van der Waals surface area contributed by atoms with E-state index in [9.17, 15) is 9.90 Å². The molecule has 0 amide bonds. The summed E-state index contributed by atoms with van der Waals surface area (Å²) in [5.74, 6) is 1.00. The van der Waals surface area contributed by atoms with Crippen molar-refractivity contribution in [3.05, 3.63) is 73.2 Å². The third kappa shape index (κ3) is 3.47. The van der Waals surface area contributed by atoms with Crippen molar-refractivity contribution in [3.8, 4) is 23.1 Å². The average molecular weight is 447 g/mol. The molecule has 156 valence electrons. The Kier molecular flexibility index (Phi) is 5.55. The molecule has 0 radical (unpaired) electrons. The number of methoxy groups -OCH3 is 2. The van der Waals surface area contributed by atoms with E-state index in [0.29, 0.717) is 22.2 Å². The second kappa shape index (κ2) is 8.14. The van der Waals surface area contributed by atoms with Crippen molar-refractivity contribution in [2.45, 2.75) is 12.5 Å². The minimum absolute atomic E-state index is 0.104. The maximum atomic E-state index is 12.9. The molecule has 30 heavy (non-hydrogen) atoms. The van der Waals surface area contributed by atoms with E-state index >= 15 is 0 Å². The number of H-pyrrole nitrogens is 1. The van der Waals surface area contributed by atoms with Crippen molar-refractivity contribution in [2.75, 3.05) is 20.8 Å². The quantitative estimate of drug-likeness (QED) is 0.535. The van der Waals surface area contributed by atoms with E-state index in [2.05, 4.69) is 4.98 Å². The van der Waals surface area contributed by atoms with Gasteiger partial charge in [-0.15, -0.1) is 0 Å². The molecule has 1 atom stereocenters. The van der Waals surface area contributed by atoms with Crippen molar-refractivity contribution in [2.24, 2.45) is 0 Å². The first-order chi connectivity index (χ1) is 14.4. The van der Waals surface area contributed by atoms with Gasteiger partial charge >= 0.3 is 0 Å². The van der Waals surface area contributed by atoms with Crippen LogP contribution in [0.5, 0.6) is 17.4 Å². The average Bonchev–Trinajstić information content (AvgIpc) is 2.73. The summed E-state index contributed by atoms with van der Waals surface area (Å²) in [5.41, 5.74) is 2.33. The van der Waals surface area contributed by atoms with Crippen LogP contribution in [-0.4, -0.2) is 35.4 Å². The monoisotopic (exact) mass is 446 g/mol. The maximum Gasteiger partial charge on any atom is 0.265 e. The number of nitrogens with one attached hydrogen (secondary N) is 1. The van der Waals surface area contributed by atoms with E-state index in [4.69, 9.17) is 33.3 Å². The lowest BCUT2D eigenvalue weighted by Crippen LogP contribution is -2.87. The molecule has 1 aliphatic heterocycles. The van der Waals surface area contributed by atoms with Gasteiger partial charge in [0.25, 0.3) is 5.56 Å². The highest BCUT2D eigenvalue weighted by Gasteiger charge is 2.33. The fourth-order valence-electron chi connectivity index (χ4n) is 3.90. The van der Waals surface area contributed by atoms with Gasteiger partial charge in [-0.25, -0.2) is 0 Å². The molecule has 1 aromatic heterocycles. The van der Waals surface area contributed by atoms with Crippen LogP contribution >= 0.6 is 23.8 Å². The molecule has 1 aliphatic rings. The second-order valence-corrected chi connectivity index (χ2v) is 7.79. The first-order valence-electron chi connectivity index (χ1n) is 9.36. The molecule has 2 aromatic carbocycles. The number of ether oxygens (including phenoxy) is 2. The highest BCUT2D eigenvalue weighted by atomic mass is 35.5. The Morgan fingerprint density at radius 1 is 1.20 bits per heavy atom. The van der Waals surface area contributed by atoms with Crippen molar-refractivity contribution < 1.29 is 19.9 Å². The fourth-order valence-corrected chi connectivity index (χ4v) is 4.31. The van der Waals surface area contributed by atoms with Crippen molar-refractivity contribution in [3.63, 3.8) is 0 Å². The number of nitrogens with zero attached hydrogens (tertiary/aromatic N) is 1. The Labute approximate surface area is 182 Å². The number of halogens is 1. The Balaban J connectivity index is 1.93. The number of quaternary nitrogens is 1. The summed E-state index contributed by atoms with van der Waals surface area (Å²) >= 11 is 11.3. The van der Waals surface area contributed by atoms with Gasteiger partial charge in [0, 0.05) is 17.0 Å². The van der Waals surface area contributed by atoms with Gasteiger partial charge in [0.1, 0.15) is 11.6 Å². The van der Waals surface area contributed by atoms with E-state index in [1.54, 1.807) is 38.5 Å². The lowest BCUT2D eigenvalue weighted by atomic mass is 9.90. The smallest absolute Gasteiger partial charge is 0.265 e. The van der Waals surface area contributed by atoms with Crippen LogP contribution in [-0.2, 0) is 6.42 Å². The number of nitrogens with two attached hydrogens (primary N) is 1. The summed E-state index contributed by atoms with van der Waals surface area (Å²) in [5, 5.41) is 13.7. The number of aromatic amines is 1. The lowest BCUT2D eigenvalue weighted by molar-refractivity contribution is -0.690. The standard InChI is InChI=1S/C21H20ClN3O4S/c1-28-15-9-11-7-8-23-18(14(11)10-16(15)29-2)17-19(26)24-21(30)25(20(17)27)13-5-3-12(22)4-6-13/h3-6,9-10,18,23,27H,7-8H2,1-2H3,(H,24,26,30)/p+1/t18-/m1/s1. The second-order valence-electron chi connectivity index (χ2n) is 6.97. The highest BCUT2D eigenvalue weighted by Crippen LogP contribution is 2.36. The number of rotatable bonds is 4. The van der Waals surface area contributed by atoms with Gasteiger partial charge in [0.15, 0.2) is 16.3 Å². The van der Waals surface area contributed by atoms with E-state index in [1.165, 1.54) is 4.57 Å². The van der Waals surface area contributed by atoms with Gasteiger partial charge in [0.05, 0.1) is 26.5 Å². The molecule has 0 unspecified atom stereocenters. The predicted molar refractivity (Wildman–Crippen MR) is 116 cm³/mol. The topological polar surface area (TPSA) is 93.1 Å². The molecule has 2 heterocycles. The van der Waals surface area contributed by atoms with Gasteiger partial charge in [0.2, 0.25) is 5.88 Å². The molecular formula is C21H21ClN3O4S+. The third-order valence-corrected chi connectivity index (χ3v) is 5.85. The lowest BCUT2D eigenvalue weighted by Gasteiger charge is -2.26. The maximum absolute atomic E-state index is 12.9. The van der Waals surface area contributed by atoms with Crippen LogP contribution in [0.4, 0.5) is 0 Å². The number of fused-ring (bicyclic) bond motifs is 1. The summed E-state index contributed by atoms with van der Waals surface area (Å²) in [6.07, 6.45) is 0.807. The fraction of sp³-hybridized carbons (Fsp3) is 0.238. The highest BCUT2D eigenvalue weighted by molar-refractivity contribution is 7.71. The SMILES string of the molecule is COc1cc2c(cc1OC)[C@H](c1c(O)n(-c3ccc(Cl)cc3)c(=S)[nH]c1=O)[NH2+]CC2. The van der Waals surface area contributed by atoms with Gasteiger partial charge in [-0.1, -0.05) is 11.6 Å². The molecule has 0 saturated heterocycles. The van der Waals surface area contributed by atoms with Gasteiger partial charge < -0.3 is 19.9 Å². The van der Waals surface area contributed by atoms with Crippen LogP contribution < -0.4 is 20.3 Å². The summed E-state index contributed by atoms with van der Waals surface area (Å²) in [7, 11) is 3.15. The molecule has 7 nitrogen and oxygen atoms in total. The van der Waals surface area contributed by atoms with E-state index < -0.39 is 11.6 Å². The molecule has 4 N–H and O–H groups in total. The molecule has 0 spiro atoms. The van der Waals surface area contributed by atoms with Crippen LogP contribution in [0, 0.1) is 4.77 Å². The molecule has 9 heteroatoms. The summed E-state index contributed by atoms with van der Waals surface area (Å²) in [6.45, 7) is 0.753. The minimum Gasteiger partial charge on any atom is -0.494 e. The molecule has 0 bridgehead atoms. The summed E-state index contributed by atoms with van der Waals surface area (Å²) < 4.78 is 12.4. The molecule has 0 saturated carbocycles. The van der Waals surface area contributed by atoms with Crippen LogP contribution in [0.3, 0.4) is 0 Å². The molecule has 0 aliphatic carbocycles. The van der Waals surface area contributed by atoms with E-state index in [0.717, 1.165) is 24.1 Å². The first kappa shape index (κ1) is 20.5. The Bertz CT molecular complexity index is 1220. The molecular weight excluding hydrogens is 426 g/mol. The normalized spacial score (nSPS) is 15.5. The van der Waals surface area contributed by atoms with E-state index in [1.807, 2.05) is 17.4 Å². The van der Waals surface area contributed by atoms with Crippen molar-refractivity contribution in [1.29, 1.82) is 0 Å². The van der Waals surface area contributed by atoms with Crippen molar-refractivity contribution in [1.82, 2.24) is 9.55 Å². The zero-order valence-electron chi connectivity index (χ0n) is 16.4. The van der Waals surface area contributed by atoms with Gasteiger partial charge in [-0.2, -0.15) is 0 Å².